The summed E-state index contributed by atoms with van der Waals surface area (Å²) in [5, 5.41) is 0. The van der Waals surface area contributed by atoms with Crippen LogP contribution in [0.25, 0.3) is 0 Å². The minimum atomic E-state index is -0.394. The first-order valence-electron chi connectivity index (χ1n) is 10.1. The lowest BCUT2D eigenvalue weighted by molar-refractivity contribution is -0.732. The summed E-state index contributed by atoms with van der Waals surface area (Å²) < 4.78 is 19.1. The van der Waals surface area contributed by atoms with Crippen LogP contribution in [0.5, 0.6) is 5.75 Å². The van der Waals surface area contributed by atoms with Gasteiger partial charge in [0.2, 0.25) is 5.69 Å². The Labute approximate surface area is 173 Å². The number of benzene rings is 1. The zero-order valence-corrected chi connectivity index (χ0v) is 16.4. The van der Waals surface area contributed by atoms with Gasteiger partial charge in [-0.1, -0.05) is 24.3 Å². The number of hydrogen-bond acceptors (Lipinski definition) is 4. The number of rotatable bonds is 3. The Hall–Kier alpha value is -3.60. The molecule has 0 amide bonds. The fourth-order valence-electron chi connectivity index (χ4n) is 5.60. The molecule has 0 radical (unpaired) electrons. The molecule has 1 aromatic carbocycles. The summed E-state index contributed by atoms with van der Waals surface area (Å²) in [6, 6.07) is 16.6. The van der Waals surface area contributed by atoms with Crippen molar-refractivity contribution in [1.82, 2.24) is 0 Å². The molecular formula is C25H20NO4+. The minimum absolute atomic E-state index is 0.0653. The molecule has 3 aliphatic rings. The first kappa shape index (κ1) is 17.3. The predicted octanol–water partition coefficient (Wildman–Crippen LogP) is 4.51. The summed E-state index contributed by atoms with van der Waals surface area (Å²) in [6.45, 7) is 1.44. The maximum Gasteiger partial charge on any atom is 0.308 e. The molecule has 5 nitrogen and oxygen atoms in total. The van der Waals surface area contributed by atoms with Gasteiger partial charge in [0.15, 0.2) is 18.0 Å². The smallest absolute Gasteiger partial charge is 0.308 e. The second-order valence-electron chi connectivity index (χ2n) is 8.04. The molecule has 0 fully saturated rings. The summed E-state index contributed by atoms with van der Waals surface area (Å²) in [5.74, 6) is 0.214. The average molecular weight is 398 g/mol. The molecule has 2 unspecified atom stereocenters. The SMILES string of the molecule is CC(=O)Oc1ccc[n+]2c1C1c3ccccc3C2CC1(c1ccoc1)c1ccoc1. The van der Waals surface area contributed by atoms with E-state index in [-0.39, 0.29) is 17.9 Å². The van der Waals surface area contributed by atoms with E-state index in [2.05, 4.69) is 35.0 Å². The molecule has 30 heavy (non-hydrogen) atoms. The Morgan fingerprint density at radius 2 is 1.70 bits per heavy atom. The van der Waals surface area contributed by atoms with Crippen molar-refractivity contribution in [3.63, 3.8) is 0 Å². The molecular weight excluding hydrogens is 378 g/mol. The lowest BCUT2D eigenvalue weighted by Crippen LogP contribution is -2.60. The van der Waals surface area contributed by atoms with E-state index < -0.39 is 5.41 Å². The third kappa shape index (κ3) is 2.17. The van der Waals surface area contributed by atoms with E-state index in [1.54, 1.807) is 12.5 Å². The molecule has 2 aliphatic heterocycles. The molecule has 148 valence electrons. The third-order valence-corrected chi connectivity index (χ3v) is 6.63. The lowest BCUT2D eigenvalue weighted by atomic mass is 9.54. The normalized spacial score (nSPS) is 20.4. The molecule has 1 aliphatic carbocycles. The van der Waals surface area contributed by atoms with E-state index in [4.69, 9.17) is 13.6 Å². The van der Waals surface area contributed by atoms with Gasteiger partial charge >= 0.3 is 5.97 Å². The van der Waals surface area contributed by atoms with Gasteiger partial charge in [0.05, 0.1) is 36.4 Å². The lowest BCUT2D eigenvalue weighted by Gasteiger charge is -2.48. The topological polar surface area (TPSA) is 56.5 Å². The molecule has 5 heterocycles. The largest absolute Gasteiger partial charge is 0.472 e. The molecule has 2 atom stereocenters. The van der Waals surface area contributed by atoms with Gasteiger partial charge in [0.1, 0.15) is 0 Å². The van der Waals surface area contributed by atoms with Gasteiger partial charge in [-0.2, -0.15) is 4.57 Å². The van der Waals surface area contributed by atoms with Crippen LogP contribution in [0.15, 0.2) is 88.6 Å². The zero-order chi connectivity index (χ0) is 20.3. The van der Waals surface area contributed by atoms with Crippen LogP contribution in [0.1, 0.15) is 53.3 Å². The molecule has 0 spiro atoms. The van der Waals surface area contributed by atoms with Crippen molar-refractivity contribution in [2.45, 2.75) is 30.7 Å². The zero-order valence-electron chi connectivity index (χ0n) is 16.4. The summed E-state index contributed by atoms with van der Waals surface area (Å²) >= 11 is 0. The van der Waals surface area contributed by atoms with Crippen LogP contribution in [0.3, 0.4) is 0 Å². The van der Waals surface area contributed by atoms with E-state index in [9.17, 15) is 4.79 Å². The second-order valence-corrected chi connectivity index (χ2v) is 8.04. The Morgan fingerprint density at radius 3 is 2.33 bits per heavy atom. The number of nitrogens with zero attached hydrogens (tertiary/aromatic N) is 1. The van der Waals surface area contributed by atoms with Crippen LogP contribution in [0.2, 0.25) is 0 Å². The molecule has 2 bridgehead atoms. The van der Waals surface area contributed by atoms with Gasteiger partial charge in [-0.05, 0) is 23.8 Å². The number of fused-ring (bicyclic) bond motifs is 1. The van der Waals surface area contributed by atoms with Gasteiger partial charge in [0, 0.05) is 36.1 Å². The van der Waals surface area contributed by atoms with Crippen molar-refractivity contribution in [3.8, 4) is 5.75 Å². The first-order chi connectivity index (χ1) is 14.7. The molecule has 0 saturated heterocycles. The maximum absolute atomic E-state index is 11.9. The monoisotopic (exact) mass is 398 g/mol. The molecule has 7 rings (SSSR count). The van der Waals surface area contributed by atoms with Crippen molar-refractivity contribution in [2.24, 2.45) is 0 Å². The summed E-state index contributed by atoms with van der Waals surface area (Å²) in [4.78, 5) is 11.9. The van der Waals surface area contributed by atoms with Crippen LogP contribution >= 0.6 is 0 Å². The highest BCUT2D eigenvalue weighted by Gasteiger charge is 2.61. The van der Waals surface area contributed by atoms with Crippen LogP contribution in [-0.4, -0.2) is 5.97 Å². The Kier molecular flexibility index (Phi) is 3.57. The third-order valence-electron chi connectivity index (χ3n) is 6.63. The highest BCUT2D eigenvalue weighted by Crippen LogP contribution is 2.60. The number of carbonyl (C=O) groups is 1. The predicted molar refractivity (Wildman–Crippen MR) is 107 cm³/mol. The van der Waals surface area contributed by atoms with Crippen LogP contribution in [0, 0.1) is 0 Å². The number of carbonyl (C=O) groups excluding carboxylic acids is 1. The van der Waals surface area contributed by atoms with E-state index >= 15 is 0 Å². The van der Waals surface area contributed by atoms with Gasteiger partial charge < -0.3 is 13.6 Å². The Balaban J connectivity index is 1.71. The number of pyridine rings is 1. The van der Waals surface area contributed by atoms with Crippen molar-refractivity contribution < 1.29 is 22.9 Å². The molecule has 4 aromatic rings. The van der Waals surface area contributed by atoms with Crippen LogP contribution < -0.4 is 9.30 Å². The summed E-state index contributed by atoms with van der Waals surface area (Å²) in [5.41, 5.74) is 5.35. The summed E-state index contributed by atoms with van der Waals surface area (Å²) in [7, 11) is 0. The Morgan fingerprint density at radius 1 is 1.00 bits per heavy atom. The van der Waals surface area contributed by atoms with Gasteiger partial charge in [-0.15, -0.1) is 0 Å². The fourth-order valence-corrected chi connectivity index (χ4v) is 5.60. The number of furan rings is 2. The number of esters is 1. The van der Waals surface area contributed by atoms with Crippen molar-refractivity contribution >= 4 is 5.97 Å². The molecule has 5 heteroatoms. The van der Waals surface area contributed by atoms with E-state index in [1.165, 1.54) is 18.1 Å². The molecule has 0 N–H and O–H groups in total. The highest BCUT2D eigenvalue weighted by molar-refractivity contribution is 5.70. The van der Waals surface area contributed by atoms with E-state index in [0.29, 0.717) is 5.75 Å². The van der Waals surface area contributed by atoms with Crippen LogP contribution in [0.4, 0.5) is 0 Å². The average Bonchev–Trinajstić information content (AvgIpc) is 3.48. The highest BCUT2D eigenvalue weighted by atomic mass is 16.5. The van der Waals surface area contributed by atoms with E-state index in [0.717, 1.165) is 23.2 Å². The Bertz CT molecular complexity index is 1210. The number of ether oxygens (including phenoxy) is 1. The molecule has 3 aromatic heterocycles. The number of aromatic nitrogens is 1. The standard InChI is InChI=1S/C25H20NO4/c1-16(27)30-22-7-4-10-26-21-13-25(17-8-11-28-14-17,18-9-12-29-15-18)23(24(22)26)20-6-3-2-5-19(20)21/h2-12,14-15,21,23H,13H2,1H3/q+1. The first-order valence-corrected chi connectivity index (χ1v) is 10.1. The van der Waals surface area contributed by atoms with Gasteiger partial charge in [-0.25, -0.2) is 0 Å². The van der Waals surface area contributed by atoms with Crippen molar-refractivity contribution in [2.75, 3.05) is 0 Å². The van der Waals surface area contributed by atoms with Crippen molar-refractivity contribution in [3.05, 3.63) is 108 Å². The summed E-state index contributed by atoms with van der Waals surface area (Å²) in [6.07, 6.45) is 10.0. The van der Waals surface area contributed by atoms with Gasteiger partial charge in [-0.3, -0.25) is 4.79 Å². The van der Waals surface area contributed by atoms with E-state index in [1.807, 2.05) is 36.8 Å². The number of hydrogen-bond donors (Lipinski definition) is 0. The quantitative estimate of drug-likeness (QED) is 0.376. The van der Waals surface area contributed by atoms with Crippen LogP contribution in [-0.2, 0) is 10.2 Å². The second kappa shape index (κ2) is 6.20. The van der Waals surface area contributed by atoms with Crippen molar-refractivity contribution in [1.29, 1.82) is 0 Å². The van der Waals surface area contributed by atoms with Gasteiger partial charge in [0.25, 0.3) is 0 Å². The minimum Gasteiger partial charge on any atom is -0.472 e. The maximum atomic E-state index is 11.9. The molecule has 0 saturated carbocycles. The fraction of sp³-hybridized carbons (Fsp3) is 0.200.